The Balaban J connectivity index is 1.39. The summed E-state index contributed by atoms with van der Waals surface area (Å²) in [6.07, 6.45) is 5.04. The Morgan fingerprint density at radius 3 is 2.41 bits per heavy atom. The largest absolute Gasteiger partial charge is 0.493 e. The minimum Gasteiger partial charge on any atom is -0.493 e. The quantitative estimate of drug-likeness (QED) is 0.233. The van der Waals surface area contributed by atoms with Crippen molar-refractivity contribution in [3.63, 3.8) is 0 Å². The third-order valence-electron chi connectivity index (χ3n) is 4.77. The first-order valence-corrected chi connectivity index (χ1v) is 10.6. The van der Waals surface area contributed by atoms with Crippen molar-refractivity contribution >= 4 is 23.2 Å². The zero-order chi connectivity index (χ0) is 23.8. The SMILES string of the molecule is COc1cc(/C=C/C(C)=O)ccc1OCc1cn(-c2ccc(N=Nc3ccccc3)cc2)nn1. The van der Waals surface area contributed by atoms with Gasteiger partial charge in [0, 0.05) is 0 Å². The van der Waals surface area contributed by atoms with Crippen molar-refractivity contribution < 1.29 is 14.3 Å². The number of hydrogen-bond acceptors (Lipinski definition) is 7. The van der Waals surface area contributed by atoms with E-state index in [1.807, 2.05) is 66.7 Å². The maximum Gasteiger partial charge on any atom is 0.161 e. The van der Waals surface area contributed by atoms with Gasteiger partial charge in [-0.3, -0.25) is 4.79 Å². The number of nitrogens with zero attached hydrogens (tertiary/aromatic N) is 5. The van der Waals surface area contributed by atoms with Crippen LogP contribution in [0.5, 0.6) is 11.5 Å². The molecule has 170 valence electrons. The molecule has 0 saturated heterocycles. The van der Waals surface area contributed by atoms with Gasteiger partial charge < -0.3 is 9.47 Å². The van der Waals surface area contributed by atoms with E-state index in [-0.39, 0.29) is 12.4 Å². The van der Waals surface area contributed by atoms with Gasteiger partial charge in [0.25, 0.3) is 0 Å². The van der Waals surface area contributed by atoms with Crippen LogP contribution in [0.4, 0.5) is 11.4 Å². The van der Waals surface area contributed by atoms with Gasteiger partial charge in [0.1, 0.15) is 12.3 Å². The number of carbonyl (C=O) groups excluding carboxylic acids is 1. The van der Waals surface area contributed by atoms with Crippen LogP contribution in [0.15, 0.2) is 95.3 Å². The molecule has 0 unspecified atom stereocenters. The highest BCUT2D eigenvalue weighted by Crippen LogP contribution is 2.29. The van der Waals surface area contributed by atoms with Crippen LogP contribution in [-0.4, -0.2) is 27.9 Å². The third kappa shape index (κ3) is 6.01. The van der Waals surface area contributed by atoms with Crippen molar-refractivity contribution in [2.45, 2.75) is 13.5 Å². The summed E-state index contributed by atoms with van der Waals surface area (Å²) < 4.78 is 13.0. The molecule has 0 aliphatic heterocycles. The number of rotatable bonds is 9. The van der Waals surface area contributed by atoms with Crippen LogP contribution in [0.2, 0.25) is 0 Å². The smallest absolute Gasteiger partial charge is 0.161 e. The fourth-order valence-electron chi connectivity index (χ4n) is 3.05. The van der Waals surface area contributed by atoms with Crippen molar-refractivity contribution in [3.05, 3.63) is 96.3 Å². The van der Waals surface area contributed by atoms with E-state index in [9.17, 15) is 4.79 Å². The van der Waals surface area contributed by atoms with Gasteiger partial charge in [-0.25, -0.2) is 4.68 Å². The predicted octanol–water partition coefficient (Wildman–Crippen LogP) is 5.87. The normalized spacial score (nSPS) is 11.2. The van der Waals surface area contributed by atoms with Crippen molar-refractivity contribution in [3.8, 4) is 17.2 Å². The van der Waals surface area contributed by atoms with E-state index >= 15 is 0 Å². The molecule has 4 rings (SSSR count). The molecule has 0 fully saturated rings. The second-order valence-corrected chi connectivity index (χ2v) is 7.35. The molecule has 0 aliphatic rings. The Morgan fingerprint density at radius 2 is 1.71 bits per heavy atom. The van der Waals surface area contributed by atoms with Gasteiger partial charge in [-0.2, -0.15) is 10.2 Å². The molecule has 0 N–H and O–H groups in total. The molecular weight excluding hydrogens is 430 g/mol. The zero-order valence-electron chi connectivity index (χ0n) is 18.8. The van der Waals surface area contributed by atoms with Gasteiger partial charge in [0.05, 0.1) is 30.4 Å². The number of ketones is 1. The maximum absolute atomic E-state index is 11.1. The van der Waals surface area contributed by atoms with Crippen molar-refractivity contribution in [1.82, 2.24) is 15.0 Å². The minimum absolute atomic E-state index is 0.0198. The predicted molar refractivity (Wildman–Crippen MR) is 129 cm³/mol. The Labute approximate surface area is 197 Å². The van der Waals surface area contributed by atoms with Crippen LogP contribution in [0.3, 0.4) is 0 Å². The second-order valence-electron chi connectivity index (χ2n) is 7.35. The molecule has 0 radical (unpaired) electrons. The van der Waals surface area contributed by atoms with E-state index in [4.69, 9.17) is 9.47 Å². The molecule has 0 bridgehead atoms. The molecule has 0 spiro atoms. The Morgan fingerprint density at radius 1 is 0.971 bits per heavy atom. The molecule has 4 aromatic rings. The summed E-state index contributed by atoms with van der Waals surface area (Å²) in [6, 6.07) is 22.6. The van der Waals surface area contributed by atoms with E-state index in [1.54, 1.807) is 30.1 Å². The number of methoxy groups -OCH3 is 1. The van der Waals surface area contributed by atoms with Gasteiger partial charge in [-0.15, -0.1) is 5.10 Å². The lowest BCUT2D eigenvalue weighted by Gasteiger charge is -2.10. The fourth-order valence-corrected chi connectivity index (χ4v) is 3.05. The van der Waals surface area contributed by atoms with Gasteiger partial charge in [0.2, 0.25) is 0 Å². The molecule has 0 aliphatic carbocycles. The molecule has 0 saturated carbocycles. The van der Waals surface area contributed by atoms with Crippen LogP contribution >= 0.6 is 0 Å². The van der Waals surface area contributed by atoms with Gasteiger partial charge in [-0.05, 0) is 67.1 Å². The Kier molecular flexibility index (Phi) is 7.19. The lowest BCUT2D eigenvalue weighted by molar-refractivity contribution is -0.112. The molecule has 8 nitrogen and oxygen atoms in total. The fraction of sp³-hybridized carbons (Fsp3) is 0.115. The molecule has 34 heavy (non-hydrogen) atoms. The average Bonchev–Trinajstić information content (AvgIpc) is 3.35. The van der Waals surface area contributed by atoms with Crippen LogP contribution in [0.25, 0.3) is 11.8 Å². The molecule has 0 atom stereocenters. The second kappa shape index (κ2) is 10.8. The van der Waals surface area contributed by atoms with E-state index < -0.39 is 0 Å². The van der Waals surface area contributed by atoms with Crippen molar-refractivity contribution in [2.75, 3.05) is 7.11 Å². The standard InChI is InChI=1S/C26H23N5O3/c1-19(32)8-9-20-10-15-25(26(16-20)33-2)34-18-23-17-31(30-29-23)24-13-11-22(12-14-24)28-27-21-6-4-3-5-7-21/h3-17H,18H2,1-2H3/b9-8+,28-27?. The number of carbonyl (C=O) groups is 1. The van der Waals surface area contributed by atoms with Gasteiger partial charge in [-0.1, -0.05) is 35.6 Å². The summed E-state index contributed by atoms with van der Waals surface area (Å²) in [5, 5.41) is 16.8. The van der Waals surface area contributed by atoms with E-state index in [0.717, 1.165) is 22.6 Å². The van der Waals surface area contributed by atoms with E-state index in [1.165, 1.54) is 13.0 Å². The number of ether oxygens (including phenoxy) is 2. The molecule has 3 aromatic carbocycles. The number of hydrogen-bond donors (Lipinski definition) is 0. The number of aromatic nitrogens is 3. The first-order chi connectivity index (χ1) is 16.6. The monoisotopic (exact) mass is 453 g/mol. The Bertz CT molecular complexity index is 1310. The number of allylic oxidation sites excluding steroid dienone is 1. The van der Waals surface area contributed by atoms with Crippen molar-refractivity contribution in [2.24, 2.45) is 10.2 Å². The molecule has 0 amide bonds. The summed E-state index contributed by atoms with van der Waals surface area (Å²) in [5.41, 5.74) is 3.89. The van der Waals surface area contributed by atoms with Gasteiger partial charge >= 0.3 is 0 Å². The third-order valence-corrected chi connectivity index (χ3v) is 4.77. The highest BCUT2D eigenvalue weighted by molar-refractivity contribution is 5.91. The van der Waals surface area contributed by atoms with Crippen LogP contribution in [0, 0.1) is 0 Å². The summed E-state index contributed by atoms with van der Waals surface area (Å²) in [7, 11) is 1.57. The van der Waals surface area contributed by atoms with Crippen LogP contribution in [0.1, 0.15) is 18.2 Å². The Hall–Kier alpha value is -4.59. The lowest BCUT2D eigenvalue weighted by Crippen LogP contribution is -1.98. The number of azo groups is 1. The summed E-state index contributed by atoms with van der Waals surface area (Å²) >= 11 is 0. The highest BCUT2D eigenvalue weighted by atomic mass is 16.5. The summed E-state index contributed by atoms with van der Waals surface area (Å²) in [6.45, 7) is 1.73. The summed E-state index contributed by atoms with van der Waals surface area (Å²) in [5.74, 6) is 1.12. The first-order valence-electron chi connectivity index (χ1n) is 10.6. The van der Waals surface area contributed by atoms with E-state index in [0.29, 0.717) is 17.2 Å². The zero-order valence-corrected chi connectivity index (χ0v) is 18.8. The maximum atomic E-state index is 11.1. The van der Waals surface area contributed by atoms with E-state index in [2.05, 4.69) is 20.5 Å². The van der Waals surface area contributed by atoms with Crippen LogP contribution in [-0.2, 0) is 11.4 Å². The minimum atomic E-state index is -0.0198. The van der Waals surface area contributed by atoms with Gasteiger partial charge in [0.15, 0.2) is 17.3 Å². The van der Waals surface area contributed by atoms with Crippen LogP contribution < -0.4 is 9.47 Å². The molecule has 1 heterocycles. The summed E-state index contributed by atoms with van der Waals surface area (Å²) in [4.78, 5) is 11.1. The molecular formula is C26H23N5O3. The molecule has 8 heteroatoms. The van der Waals surface area contributed by atoms with Crippen molar-refractivity contribution in [1.29, 1.82) is 0 Å². The first kappa shape index (κ1) is 22.6. The highest BCUT2D eigenvalue weighted by Gasteiger charge is 2.08. The molecule has 1 aromatic heterocycles. The average molecular weight is 454 g/mol. The lowest BCUT2D eigenvalue weighted by atomic mass is 10.1. The topological polar surface area (TPSA) is 91.0 Å². The number of benzene rings is 3.